The number of carbonyl (C=O) groups excluding carboxylic acids is 4. The monoisotopic (exact) mass is 571 g/mol. The molecular formula is C24H23BFN5O10. The zero-order chi connectivity index (χ0) is 30.0. The Morgan fingerprint density at radius 2 is 1.90 bits per heavy atom. The summed E-state index contributed by atoms with van der Waals surface area (Å²) in [5.41, 5.74) is -1.15. The Bertz CT molecular complexity index is 1460. The number of carboxylic acids is 2. The molecular weight excluding hydrogens is 548 g/mol. The third-order valence-electron chi connectivity index (χ3n) is 6.53. The summed E-state index contributed by atoms with van der Waals surface area (Å²) in [6, 6.07) is 1.60. The van der Waals surface area contributed by atoms with E-state index in [-0.39, 0.29) is 37.4 Å². The van der Waals surface area contributed by atoms with Gasteiger partial charge in [0, 0.05) is 25.8 Å². The number of hydrogen-bond acceptors (Lipinski definition) is 9. The summed E-state index contributed by atoms with van der Waals surface area (Å²) in [5.74, 6) is -8.67. The fraction of sp³-hybridized carbons (Fsp3) is 0.292. The van der Waals surface area contributed by atoms with Gasteiger partial charge in [-0.2, -0.15) is 0 Å². The number of carboxylic acid groups (broad SMARTS) is 2. The molecule has 2 aliphatic heterocycles. The number of aromatic carboxylic acids is 2. The van der Waals surface area contributed by atoms with Crippen molar-refractivity contribution in [3.63, 3.8) is 0 Å². The molecule has 2 atom stereocenters. The predicted octanol–water partition coefficient (Wildman–Crippen LogP) is -0.802. The molecule has 214 valence electrons. The van der Waals surface area contributed by atoms with Crippen LogP contribution in [0.4, 0.5) is 9.18 Å². The van der Waals surface area contributed by atoms with Crippen molar-refractivity contribution in [2.45, 2.75) is 25.3 Å². The maximum absolute atomic E-state index is 15.0. The van der Waals surface area contributed by atoms with Crippen molar-refractivity contribution in [3.8, 4) is 5.75 Å². The smallest absolute Gasteiger partial charge is 0.534 e. The summed E-state index contributed by atoms with van der Waals surface area (Å²) in [4.78, 5) is 79.3. The van der Waals surface area contributed by atoms with Crippen LogP contribution >= 0.6 is 0 Å². The second-order valence-corrected chi connectivity index (χ2v) is 9.05. The summed E-state index contributed by atoms with van der Waals surface area (Å²) in [6.07, 6.45) is 0.633. The quantitative estimate of drug-likeness (QED) is 0.205. The lowest BCUT2D eigenvalue weighted by Gasteiger charge is -2.33. The molecule has 3 heterocycles. The van der Waals surface area contributed by atoms with Gasteiger partial charge in [-0.05, 0) is 31.0 Å². The lowest BCUT2D eigenvalue weighted by atomic mass is 9.72. The molecule has 0 saturated carbocycles. The highest BCUT2D eigenvalue weighted by Gasteiger charge is 2.41. The van der Waals surface area contributed by atoms with E-state index in [2.05, 4.69) is 15.6 Å². The molecule has 0 bridgehead atoms. The number of likely N-dealkylation sites (N-methyl/N-ethyl adjacent to an activating group) is 1. The molecule has 15 nitrogen and oxygen atoms in total. The van der Waals surface area contributed by atoms with Crippen LogP contribution in [0.2, 0.25) is 0 Å². The first kappa shape index (κ1) is 28.9. The number of hydrogen-bond donors (Lipinski definition) is 5. The number of amides is 5. The third-order valence-corrected chi connectivity index (χ3v) is 6.53. The zero-order valence-electron chi connectivity index (χ0n) is 21.4. The Morgan fingerprint density at radius 3 is 2.54 bits per heavy atom. The van der Waals surface area contributed by atoms with Gasteiger partial charge in [0.25, 0.3) is 0 Å². The van der Waals surface area contributed by atoms with E-state index in [1.54, 1.807) is 6.92 Å². The average Bonchev–Trinajstić information content (AvgIpc) is 2.93. The van der Waals surface area contributed by atoms with Crippen LogP contribution in [0.5, 0.6) is 5.75 Å². The average molecular weight is 571 g/mol. The molecule has 41 heavy (non-hydrogen) atoms. The largest absolute Gasteiger partial charge is 0.547 e. The normalized spacial score (nSPS) is 17.3. The maximum Gasteiger partial charge on any atom is 0.547 e. The Hall–Kier alpha value is -5.06. The minimum atomic E-state index is -1.96. The SMILES string of the molecule is CCN1CCN(C(=O)NC(C(=O)NC2Cc3cccc(C(=O)O)c3OB2O)c2ncc(C(=O)O)cc2F)C(=O)C1=O. The fourth-order valence-electron chi connectivity index (χ4n) is 4.39. The highest BCUT2D eigenvalue weighted by atomic mass is 19.1. The van der Waals surface area contributed by atoms with Crippen LogP contribution in [0.15, 0.2) is 30.5 Å². The Labute approximate surface area is 231 Å². The minimum Gasteiger partial charge on any atom is -0.534 e. The van der Waals surface area contributed by atoms with Crippen molar-refractivity contribution >= 4 is 42.8 Å². The van der Waals surface area contributed by atoms with E-state index in [1.165, 1.54) is 23.1 Å². The second-order valence-electron chi connectivity index (χ2n) is 9.05. The van der Waals surface area contributed by atoms with Gasteiger partial charge in [-0.3, -0.25) is 24.3 Å². The molecule has 1 aromatic carbocycles. The van der Waals surface area contributed by atoms with Gasteiger partial charge in [0.05, 0.1) is 17.1 Å². The van der Waals surface area contributed by atoms with E-state index in [4.69, 9.17) is 9.76 Å². The van der Waals surface area contributed by atoms with Gasteiger partial charge in [0.2, 0.25) is 5.91 Å². The summed E-state index contributed by atoms with van der Waals surface area (Å²) >= 11 is 0. The predicted molar refractivity (Wildman–Crippen MR) is 134 cm³/mol. The summed E-state index contributed by atoms with van der Waals surface area (Å²) < 4.78 is 20.3. The highest BCUT2D eigenvalue weighted by Crippen LogP contribution is 2.30. The van der Waals surface area contributed by atoms with Gasteiger partial charge in [0.15, 0.2) is 6.04 Å². The number of carbonyl (C=O) groups is 6. The number of piperazine rings is 1. The molecule has 1 fully saturated rings. The Morgan fingerprint density at radius 1 is 1.17 bits per heavy atom. The molecule has 2 aliphatic rings. The number of fused-ring (bicyclic) bond motifs is 1. The molecule has 1 saturated heterocycles. The minimum absolute atomic E-state index is 0.0224. The highest BCUT2D eigenvalue weighted by molar-refractivity contribution is 6.47. The van der Waals surface area contributed by atoms with E-state index < -0.39 is 71.9 Å². The number of para-hydroxylation sites is 1. The molecule has 5 amide bonds. The van der Waals surface area contributed by atoms with E-state index >= 15 is 0 Å². The van der Waals surface area contributed by atoms with Crippen molar-refractivity contribution in [1.29, 1.82) is 0 Å². The summed E-state index contributed by atoms with van der Waals surface area (Å²) in [7, 11) is -1.75. The summed E-state index contributed by atoms with van der Waals surface area (Å²) in [5, 5.41) is 33.5. The third kappa shape index (κ3) is 5.79. The van der Waals surface area contributed by atoms with Crippen molar-refractivity contribution < 1.29 is 53.0 Å². The number of nitrogens with zero attached hydrogens (tertiary/aromatic N) is 3. The number of rotatable bonds is 7. The number of aromatic nitrogens is 1. The number of urea groups is 1. The number of nitrogens with one attached hydrogen (secondary N) is 2. The lowest BCUT2D eigenvalue weighted by molar-refractivity contribution is -0.153. The molecule has 5 N–H and O–H groups in total. The zero-order valence-corrected chi connectivity index (χ0v) is 21.4. The van der Waals surface area contributed by atoms with E-state index in [1.807, 2.05) is 0 Å². The van der Waals surface area contributed by atoms with E-state index in [0.717, 1.165) is 6.20 Å². The van der Waals surface area contributed by atoms with Crippen molar-refractivity contribution in [3.05, 3.63) is 58.7 Å². The van der Waals surface area contributed by atoms with Crippen LogP contribution < -0.4 is 15.3 Å². The van der Waals surface area contributed by atoms with Gasteiger partial charge in [-0.25, -0.2) is 18.8 Å². The molecule has 2 aromatic rings. The Balaban J connectivity index is 1.61. The topological polar surface area (TPSA) is 216 Å². The van der Waals surface area contributed by atoms with Crippen LogP contribution in [-0.2, 0) is 20.8 Å². The summed E-state index contributed by atoms with van der Waals surface area (Å²) in [6.45, 7) is 1.67. The Kier molecular flexibility index (Phi) is 8.18. The molecule has 2 unspecified atom stereocenters. The maximum atomic E-state index is 15.0. The van der Waals surface area contributed by atoms with Crippen molar-refractivity contribution in [1.82, 2.24) is 25.4 Å². The second kappa shape index (κ2) is 11.6. The molecule has 0 radical (unpaired) electrons. The van der Waals surface area contributed by atoms with Crippen LogP contribution in [0, 0.1) is 5.82 Å². The number of pyridine rings is 1. The first-order chi connectivity index (χ1) is 19.4. The van der Waals surface area contributed by atoms with E-state index in [9.17, 15) is 43.3 Å². The van der Waals surface area contributed by atoms with Crippen LogP contribution in [0.3, 0.4) is 0 Å². The number of benzene rings is 1. The van der Waals surface area contributed by atoms with Crippen molar-refractivity contribution in [2.75, 3.05) is 19.6 Å². The van der Waals surface area contributed by atoms with Gasteiger partial charge in [-0.1, -0.05) is 12.1 Å². The van der Waals surface area contributed by atoms with Crippen LogP contribution in [0.25, 0.3) is 0 Å². The molecule has 17 heteroatoms. The first-order valence-corrected chi connectivity index (χ1v) is 12.2. The molecule has 4 rings (SSSR count). The number of imide groups is 1. The van der Waals surface area contributed by atoms with Crippen LogP contribution in [-0.4, -0.2) is 98.4 Å². The molecule has 0 aliphatic carbocycles. The van der Waals surface area contributed by atoms with Crippen LogP contribution in [0.1, 0.15) is 44.9 Å². The van der Waals surface area contributed by atoms with Crippen molar-refractivity contribution in [2.24, 2.45) is 0 Å². The molecule has 1 aromatic heterocycles. The lowest BCUT2D eigenvalue weighted by Crippen LogP contribution is -2.60. The molecule has 0 spiro atoms. The first-order valence-electron chi connectivity index (χ1n) is 12.2. The fourth-order valence-corrected chi connectivity index (χ4v) is 4.39. The van der Waals surface area contributed by atoms with Gasteiger partial charge in [0.1, 0.15) is 17.3 Å². The standard InChI is InChI=1S/C24H23BFN5O10/c1-2-30-6-7-31(21(34)20(30)33)24(39)29-17(16-14(26)8-12(10-27-16)22(35)36)19(32)28-15-9-11-4-3-5-13(23(37)38)18(11)41-25(15)40/h3-5,8,10,15,17,40H,2,6-7,9H2,1H3,(H,28,32)(H,29,39)(H,35,36)(H,37,38). The van der Waals surface area contributed by atoms with Gasteiger partial charge >= 0.3 is 36.9 Å². The van der Waals surface area contributed by atoms with Gasteiger partial charge < -0.3 is 35.4 Å². The van der Waals surface area contributed by atoms with Gasteiger partial charge in [-0.15, -0.1) is 0 Å². The number of halogens is 1. The van der Waals surface area contributed by atoms with E-state index in [0.29, 0.717) is 16.5 Å².